The first kappa shape index (κ1) is 20.4. The van der Waals surface area contributed by atoms with Gasteiger partial charge in [-0.25, -0.2) is 0 Å². The van der Waals surface area contributed by atoms with Gasteiger partial charge in [-0.05, 0) is 41.8 Å². The van der Waals surface area contributed by atoms with E-state index in [1.807, 2.05) is 18.2 Å². The molecule has 0 bridgehead atoms. The van der Waals surface area contributed by atoms with E-state index in [2.05, 4.69) is 5.32 Å². The molecule has 0 saturated carbocycles. The fraction of sp³-hybridized carbons (Fsp3) is 0.150. The maximum Gasteiger partial charge on any atom is 0.266 e. The Labute approximate surface area is 177 Å². The summed E-state index contributed by atoms with van der Waals surface area (Å²) in [6.07, 6.45) is 2.31. The Morgan fingerprint density at radius 2 is 1.93 bits per heavy atom. The number of aromatic hydroxyl groups is 1. The highest BCUT2D eigenvalue weighted by molar-refractivity contribution is 8.26. The number of carbonyl (C=O) groups is 2. The van der Waals surface area contributed by atoms with Crippen molar-refractivity contribution >= 4 is 57.8 Å². The molecule has 144 valence electrons. The minimum atomic E-state index is -0.302. The average molecular weight is 433 g/mol. The molecule has 1 aliphatic rings. The van der Waals surface area contributed by atoms with Crippen molar-refractivity contribution in [3.63, 3.8) is 0 Å². The number of nitrogens with zero attached hydrogens (tertiary/aromatic N) is 1. The molecule has 1 fully saturated rings. The van der Waals surface area contributed by atoms with Crippen molar-refractivity contribution < 1.29 is 14.7 Å². The van der Waals surface area contributed by atoms with Crippen molar-refractivity contribution in [2.45, 2.75) is 6.42 Å². The standard InChI is InChI=1S/C20H17ClN2O3S2/c21-16-4-2-1-3-14(16)11-17-19(26)23(20(27)28-17)12-18(25)22-10-9-13-5-7-15(24)8-6-13/h1-8,11,24H,9-10,12H2,(H,22,25)/b17-11-. The second-order valence-corrected chi connectivity index (χ2v) is 8.14. The second kappa shape index (κ2) is 9.23. The van der Waals surface area contributed by atoms with E-state index in [9.17, 15) is 14.7 Å². The van der Waals surface area contributed by atoms with E-state index < -0.39 is 0 Å². The van der Waals surface area contributed by atoms with Crippen LogP contribution in [0.5, 0.6) is 5.75 Å². The van der Waals surface area contributed by atoms with Crippen molar-refractivity contribution in [3.05, 3.63) is 69.6 Å². The third kappa shape index (κ3) is 5.13. The van der Waals surface area contributed by atoms with Gasteiger partial charge in [0.2, 0.25) is 5.91 Å². The number of thioether (sulfide) groups is 1. The topological polar surface area (TPSA) is 69.6 Å². The first-order chi connectivity index (χ1) is 13.4. The van der Waals surface area contributed by atoms with Crippen molar-refractivity contribution in [2.24, 2.45) is 0 Å². The number of benzene rings is 2. The first-order valence-corrected chi connectivity index (χ1v) is 10.1. The van der Waals surface area contributed by atoms with Crippen LogP contribution in [0.2, 0.25) is 5.02 Å². The van der Waals surface area contributed by atoms with Gasteiger partial charge in [-0.3, -0.25) is 14.5 Å². The SMILES string of the molecule is O=C(CN1C(=O)/C(=C/c2ccccc2Cl)SC1=S)NCCc1ccc(O)cc1. The van der Waals surface area contributed by atoms with Crippen molar-refractivity contribution in [1.29, 1.82) is 0 Å². The molecule has 5 nitrogen and oxygen atoms in total. The fourth-order valence-corrected chi connectivity index (χ4v) is 4.01. The number of hydrogen-bond acceptors (Lipinski definition) is 5. The summed E-state index contributed by atoms with van der Waals surface area (Å²) in [5.41, 5.74) is 1.72. The van der Waals surface area contributed by atoms with Crippen LogP contribution in [0.1, 0.15) is 11.1 Å². The second-order valence-electron chi connectivity index (χ2n) is 6.06. The van der Waals surface area contributed by atoms with E-state index in [0.717, 1.165) is 22.9 Å². The predicted octanol–water partition coefficient (Wildman–Crippen LogP) is 3.61. The summed E-state index contributed by atoms with van der Waals surface area (Å²) in [4.78, 5) is 26.5. The Balaban J connectivity index is 1.55. The van der Waals surface area contributed by atoms with Crippen LogP contribution < -0.4 is 5.32 Å². The molecular formula is C20H17ClN2O3S2. The highest BCUT2D eigenvalue weighted by Gasteiger charge is 2.33. The molecule has 0 spiro atoms. The third-order valence-corrected chi connectivity index (χ3v) is 5.76. The number of amides is 2. The number of phenolic OH excluding ortho intramolecular Hbond substituents is 1. The lowest BCUT2D eigenvalue weighted by molar-refractivity contribution is -0.128. The van der Waals surface area contributed by atoms with Gasteiger partial charge in [-0.1, -0.05) is 65.9 Å². The van der Waals surface area contributed by atoms with Gasteiger partial charge in [0.05, 0.1) is 4.91 Å². The van der Waals surface area contributed by atoms with E-state index >= 15 is 0 Å². The summed E-state index contributed by atoms with van der Waals surface area (Å²) in [5, 5.41) is 12.6. The zero-order chi connectivity index (χ0) is 20.1. The fourth-order valence-electron chi connectivity index (χ4n) is 2.58. The van der Waals surface area contributed by atoms with Crippen molar-refractivity contribution in [2.75, 3.05) is 13.1 Å². The molecule has 0 radical (unpaired) electrons. The normalized spacial score (nSPS) is 15.3. The summed E-state index contributed by atoms with van der Waals surface area (Å²) in [7, 11) is 0. The van der Waals surface area contributed by atoms with E-state index in [0.29, 0.717) is 27.2 Å². The molecule has 1 heterocycles. The maximum atomic E-state index is 12.6. The van der Waals surface area contributed by atoms with Crippen LogP contribution in [0.3, 0.4) is 0 Å². The van der Waals surface area contributed by atoms with Gasteiger partial charge in [-0.2, -0.15) is 0 Å². The minimum Gasteiger partial charge on any atom is -0.508 e. The van der Waals surface area contributed by atoms with Gasteiger partial charge < -0.3 is 10.4 Å². The number of carbonyl (C=O) groups excluding carboxylic acids is 2. The van der Waals surface area contributed by atoms with E-state index in [1.54, 1.807) is 36.4 Å². The van der Waals surface area contributed by atoms with Gasteiger partial charge in [0.15, 0.2) is 0 Å². The lowest BCUT2D eigenvalue weighted by Gasteiger charge is -2.14. The van der Waals surface area contributed by atoms with Crippen LogP contribution in [0.4, 0.5) is 0 Å². The highest BCUT2D eigenvalue weighted by Crippen LogP contribution is 2.33. The molecule has 0 atom stereocenters. The Hall–Kier alpha value is -2.35. The monoisotopic (exact) mass is 432 g/mol. The maximum absolute atomic E-state index is 12.6. The Morgan fingerprint density at radius 3 is 2.64 bits per heavy atom. The van der Waals surface area contributed by atoms with Crippen LogP contribution >= 0.6 is 35.6 Å². The Kier molecular flexibility index (Phi) is 6.72. The molecule has 2 aromatic rings. The van der Waals surface area contributed by atoms with Crippen LogP contribution in [0.15, 0.2) is 53.4 Å². The number of hydrogen-bond donors (Lipinski definition) is 2. The molecule has 2 N–H and O–H groups in total. The predicted molar refractivity (Wildman–Crippen MR) is 116 cm³/mol. The Bertz CT molecular complexity index is 945. The summed E-state index contributed by atoms with van der Waals surface area (Å²) in [6.45, 7) is 0.300. The van der Waals surface area contributed by atoms with Crippen LogP contribution in [0, 0.1) is 0 Å². The van der Waals surface area contributed by atoms with E-state index in [4.69, 9.17) is 23.8 Å². The molecule has 8 heteroatoms. The van der Waals surface area contributed by atoms with Gasteiger partial charge in [-0.15, -0.1) is 0 Å². The molecule has 1 aliphatic heterocycles. The van der Waals surface area contributed by atoms with Crippen molar-refractivity contribution in [3.8, 4) is 5.75 Å². The molecule has 3 rings (SSSR count). The highest BCUT2D eigenvalue weighted by atomic mass is 35.5. The number of phenols is 1. The molecule has 28 heavy (non-hydrogen) atoms. The van der Waals surface area contributed by atoms with Crippen LogP contribution in [-0.2, 0) is 16.0 Å². The number of nitrogens with one attached hydrogen (secondary N) is 1. The van der Waals surface area contributed by atoms with Gasteiger partial charge in [0, 0.05) is 11.6 Å². The number of halogens is 1. The average Bonchev–Trinajstić information content (AvgIpc) is 2.93. The molecule has 0 aliphatic carbocycles. The lowest BCUT2D eigenvalue weighted by atomic mass is 10.1. The summed E-state index contributed by atoms with van der Waals surface area (Å²) < 4.78 is 0.344. The lowest BCUT2D eigenvalue weighted by Crippen LogP contribution is -2.40. The zero-order valence-corrected chi connectivity index (χ0v) is 17.1. The molecule has 0 unspecified atom stereocenters. The van der Waals surface area contributed by atoms with E-state index in [1.165, 1.54) is 4.90 Å². The molecule has 0 aromatic heterocycles. The zero-order valence-electron chi connectivity index (χ0n) is 14.7. The minimum absolute atomic E-state index is 0.125. The smallest absolute Gasteiger partial charge is 0.266 e. The quantitative estimate of drug-likeness (QED) is 0.539. The molecular weight excluding hydrogens is 416 g/mol. The van der Waals surface area contributed by atoms with Gasteiger partial charge in [0.25, 0.3) is 5.91 Å². The number of rotatable bonds is 6. The summed E-state index contributed by atoms with van der Waals surface area (Å²) in [6, 6.07) is 14.0. The van der Waals surface area contributed by atoms with Gasteiger partial charge >= 0.3 is 0 Å². The summed E-state index contributed by atoms with van der Waals surface area (Å²) in [5.74, 6) is -0.385. The third-order valence-electron chi connectivity index (χ3n) is 4.04. The van der Waals surface area contributed by atoms with Crippen LogP contribution in [-0.4, -0.2) is 39.2 Å². The Morgan fingerprint density at radius 1 is 1.21 bits per heavy atom. The van der Waals surface area contributed by atoms with Gasteiger partial charge in [0.1, 0.15) is 16.6 Å². The van der Waals surface area contributed by atoms with Crippen molar-refractivity contribution in [1.82, 2.24) is 10.2 Å². The van der Waals surface area contributed by atoms with Crippen LogP contribution in [0.25, 0.3) is 6.08 Å². The first-order valence-electron chi connectivity index (χ1n) is 8.48. The van der Waals surface area contributed by atoms with E-state index in [-0.39, 0.29) is 24.1 Å². The number of thiocarbonyl (C=S) groups is 1. The molecule has 1 saturated heterocycles. The largest absolute Gasteiger partial charge is 0.508 e. The molecule has 2 amide bonds. The summed E-state index contributed by atoms with van der Waals surface area (Å²) >= 11 is 12.5. The molecule has 2 aromatic carbocycles.